The number of aromatic nitrogens is 24. The third-order valence-electron chi connectivity index (χ3n) is 13.0. The highest BCUT2D eigenvalue weighted by atomic mass is 15.2. The Morgan fingerprint density at radius 1 is 0.216 bits per heavy atom. The molecule has 0 amide bonds. The van der Waals surface area contributed by atoms with E-state index in [0.717, 1.165) is 32.7 Å². The predicted molar refractivity (Wildman–Crippen MR) is 268 cm³/mol. The number of rotatable bonds is 0. The second kappa shape index (κ2) is 14.2. The highest BCUT2D eigenvalue weighted by molar-refractivity contribution is 6.07. The van der Waals surface area contributed by atoms with Crippen molar-refractivity contribution in [1.82, 2.24) is 120 Å². The summed E-state index contributed by atoms with van der Waals surface area (Å²) in [7, 11) is 0. The molecular weight excluding hydrogens is 937 g/mol. The Morgan fingerprint density at radius 3 is 0.824 bits per heavy atom. The minimum Gasteiger partial charge on any atom is -0.324 e. The van der Waals surface area contributed by atoms with E-state index in [1.165, 1.54) is 0 Å². The van der Waals surface area contributed by atoms with Gasteiger partial charge in [-0.2, -0.15) is 0 Å². The summed E-state index contributed by atoms with van der Waals surface area (Å²) in [6.07, 6.45) is 9.40. The summed E-state index contributed by atoms with van der Waals surface area (Å²) in [6, 6.07) is 23.6. The lowest BCUT2D eigenvalue weighted by molar-refractivity contribution is 1.17. The van der Waals surface area contributed by atoms with Crippen molar-refractivity contribution in [2.75, 3.05) is 0 Å². The molecule has 13 aromatic rings. The third-order valence-corrected chi connectivity index (χ3v) is 13.0. The molecule has 342 valence electrons. The maximum absolute atomic E-state index is 5.29. The molecule has 4 aliphatic rings. The largest absolute Gasteiger partial charge is 0.324 e. The van der Waals surface area contributed by atoms with Crippen molar-refractivity contribution in [2.45, 2.75) is 0 Å². The van der Waals surface area contributed by atoms with E-state index in [4.69, 9.17) is 69.8 Å². The van der Waals surface area contributed by atoms with Gasteiger partial charge in [0.1, 0.15) is 78.8 Å². The SMILES string of the molecule is c1ccc2c(c1)-c1nc-2nc2[nH]c(nc3nc(nc4[nH]c(n1)c1ccccc41)-c1nc4c(nc1-3)-c1nc-4nc3[nH]c(nc4nc(nc5[nH]c(n1)c1nccnc51)-c1nccnc1-4)c1nccnc31)c1ccccc21. The Bertz CT molecular complexity index is 4460. The molecule has 0 atom stereocenters. The normalized spacial score (nSPS) is 12.3. The minimum absolute atomic E-state index is 0.142. The van der Waals surface area contributed by atoms with Gasteiger partial charge in [-0.3, -0.25) is 0 Å². The van der Waals surface area contributed by atoms with E-state index in [1.54, 1.807) is 37.2 Å². The quantitative estimate of drug-likeness (QED) is 0.117. The molecule has 24 heteroatoms. The number of aromatic amines is 4. The fourth-order valence-corrected chi connectivity index (χ4v) is 9.71. The van der Waals surface area contributed by atoms with Crippen LogP contribution in [0.4, 0.5) is 0 Å². The molecule has 3 aromatic carbocycles. The van der Waals surface area contributed by atoms with E-state index in [9.17, 15) is 0 Å². The summed E-state index contributed by atoms with van der Waals surface area (Å²) in [6.45, 7) is 0. The first-order valence-corrected chi connectivity index (χ1v) is 22.9. The summed E-state index contributed by atoms with van der Waals surface area (Å²) in [4.78, 5) is 112. The van der Waals surface area contributed by atoms with Crippen LogP contribution >= 0.6 is 0 Å². The minimum atomic E-state index is 0.142. The van der Waals surface area contributed by atoms with Gasteiger partial charge in [0.25, 0.3) is 0 Å². The summed E-state index contributed by atoms with van der Waals surface area (Å²) in [5.41, 5.74) is 8.54. The van der Waals surface area contributed by atoms with E-state index in [1.807, 2.05) is 72.8 Å². The molecule has 4 N–H and O–H groups in total. The molecule has 0 saturated carbocycles. The zero-order valence-electron chi connectivity index (χ0n) is 37.3. The smallest absolute Gasteiger partial charge is 0.184 e. The molecule has 14 heterocycles. The molecule has 0 aliphatic carbocycles. The molecule has 17 rings (SSSR count). The molecule has 0 fully saturated rings. The van der Waals surface area contributed by atoms with Gasteiger partial charge in [-0.15, -0.1) is 0 Å². The third kappa shape index (κ3) is 5.48. The summed E-state index contributed by atoms with van der Waals surface area (Å²) in [5.74, 6) is 2.20. The van der Waals surface area contributed by atoms with Gasteiger partial charge in [0.2, 0.25) is 0 Å². The van der Waals surface area contributed by atoms with Crippen LogP contribution in [0.5, 0.6) is 0 Å². The molecule has 10 aromatic heterocycles. The maximum atomic E-state index is 5.29. The molecule has 0 radical (unpaired) electrons. The zero-order valence-corrected chi connectivity index (χ0v) is 37.3. The first-order valence-electron chi connectivity index (χ1n) is 22.9. The van der Waals surface area contributed by atoms with Crippen molar-refractivity contribution in [3.8, 4) is 91.9 Å². The van der Waals surface area contributed by atoms with Crippen LogP contribution in [0.2, 0.25) is 0 Å². The Hall–Kier alpha value is -11.3. The second-order valence-corrected chi connectivity index (χ2v) is 17.2. The number of nitrogens with zero attached hydrogens (tertiary/aromatic N) is 20. The van der Waals surface area contributed by atoms with Gasteiger partial charge in [0.15, 0.2) is 69.2 Å². The van der Waals surface area contributed by atoms with Crippen LogP contribution in [0.1, 0.15) is 0 Å². The fourth-order valence-electron chi connectivity index (χ4n) is 9.71. The molecule has 0 spiro atoms. The van der Waals surface area contributed by atoms with Crippen LogP contribution < -0.4 is 0 Å². The molecular formula is C50H22N24. The van der Waals surface area contributed by atoms with Crippen LogP contribution in [0.15, 0.2) is 110 Å². The van der Waals surface area contributed by atoms with Crippen molar-refractivity contribution in [3.63, 3.8) is 0 Å². The van der Waals surface area contributed by atoms with Gasteiger partial charge in [-0.05, 0) is 0 Å². The summed E-state index contributed by atoms with van der Waals surface area (Å²) >= 11 is 0. The van der Waals surface area contributed by atoms with Crippen LogP contribution in [-0.2, 0) is 0 Å². The first-order chi connectivity index (χ1) is 36.6. The van der Waals surface area contributed by atoms with Gasteiger partial charge in [-0.1, -0.05) is 72.8 Å². The van der Waals surface area contributed by atoms with Crippen molar-refractivity contribution in [2.24, 2.45) is 0 Å². The lowest BCUT2D eigenvalue weighted by Gasteiger charge is -2.02. The number of hydrogen-bond acceptors (Lipinski definition) is 20. The van der Waals surface area contributed by atoms with Gasteiger partial charge in [0, 0.05) is 69.9 Å². The summed E-state index contributed by atoms with van der Waals surface area (Å²) < 4.78 is 0. The monoisotopic (exact) mass is 958 g/mol. The average molecular weight is 959 g/mol. The van der Waals surface area contributed by atoms with Crippen LogP contribution in [0, 0.1) is 0 Å². The Morgan fingerprint density at radius 2 is 0.473 bits per heavy atom. The molecule has 0 saturated heterocycles. The number of H-pyrrole nitrogens is 4. The van der Waals surface area contributed by atoms with Crippen molar-refractivity contribution < 1.29 is 0 Å². The fraction of sp³-hybridized carbons (Fsp3) is 0. The highest BCUT2D eigenvalue weighted by Crippen LogP contribution is 2.41. The van der Waals surface area contributed by atoms with E-state index in [2.05, 4.69) is 49.8 Å². The van der Waals surface area contributed by atoms with E-state index in [0.29, 0.717) is 90.4 Å². The molecule has 16 bridgehead atoms. The lowest BCUT2D eigenvalue weighted by atomic mass is 10.1. The Kier molecular flexibility index (Phi) is 7.38. The topological polar surface area (TPSA) is 321 Å². The van der Waals surface area contributed by atoms with Crippen molar-refractivity contribution in [1.29, 1.82) is 0 Å². The Labute approximate surface area is 408 Å². The van der Waals surface area contributed by atoms with Crippen LogP contribution in [-0.4, -0.2) is 120 Å². The van der Waals surface area contributed by atoms with Crippen molar-refractivity contribution >= 4 is 88.8 Å². The van der Waals surface area contributed by atoms with E-state index in [-0.39, 0.29) is 57.6 Å². The van der Waals surface area contributed by atoms with Crippen molar-refractivity contribution in [3.05, 3.63) is 110 Å². The van der Waals surface area contributed by atoms with Gasteiger partial charge >= 0.3 is 0 Å². The lowest BCUT2D eigenvalue weighted by Crippen LogP contribution is -1.96. The molecule has 4 aliphatic heterocycles. The maximum Gasteiger partial charge on any atom is 0.184 e. The number of hydrogen-bond donors (Lipinski definition) is 4. The first kappa shape index (κ1) is 38.5. The van der Waals surface area contributed by atoms with Gasteiger partial charge in [-0.25, -0.2) is 99.7 Å². The number of fused-ring (bicyclic) bond motifs is 40. The van der Waals surface area contributed by atoms with Crippen LogP contribution in [0.3, 0.4) is 0 Å². The standard InChI is InChI=1S/C50H22N24/c1-2-8-20-19(7-1)35-59-36(20)61-38-22-10-4-6-12-24(22)40(63-38)65-48-32-31(47(73-48)64-39-23-11-5-3-9-21(23)37(60-35)62-39)57-33-34(58-32)50-72-46-30-28(54-16-18-56-30)44(70-46)68-42-26-25(51-13-14-52-26)41(66-42)67-43-27-29(55-17-15-53-27)45(69-43)71-49(33)74-50/h1-18H,(H2,59,60,61,62,63,64,65,73)(H2,66,67,68,69,70,71,72,74). The van der Waals surface area contributed by atoms with E-state index >= 15 is 0 Å². The molecule has 24 nitrogen and oxygen atoms in total. The predicted octanol–water partition coefficient (Wildman–Crippen LogP) is 7.21. The number of benzene rings is 3. The van der Waals surface area contributed by atoms with E-state index < -0.39 is 0 Å². The molecule has 74 heavy (non-hydrogen) atoms. The van der Waals surface area contributed by atoms with Gasteiger partial charge in [0.05, 0.1) is 0 Å². The molecule has 0 unspecified atom stereocenters. The average Bonchev–Trinajstić information content (AvgIpc) is 4.34. The Balaban J connectivity index is 0.990. The van der Waals surface area contributed by atoms with Crippen LogP contribution in [0.25, 0.3) is 181 Å². The second-order valence-electron chi connectivity index (χ2n) is 17.2. The zero-order chi connectivity index (χ0) is 48.2. The van der Waals surface area contributed by atoms with Gasteiger partial charge < -0.3 is 19.9 Å². The number of nitrogens with one attached hydrogen (secondary N) is 4. The highest BCUT2D eigenvalue weighted by Gasteiger charge is 2.32. The summed E-state index contributed by atoms with van der Waals surface area (Å²) in [5, 5.41) is 3.21.